The molecule has 3 nitrogen and oxygen atoms in total. The third kappa shape index (κ3) is 1.60. The molecule has 2 rings (SSSR count). The number of benzene rings is 1. The Labute approximate surface area is 76.6 Å². The molecule has 0 bridgehead atoms. The predicted molar refractivity (Wildman–Crippen MR) is 51.9 cm³/mol. The van der Waals surface area contributed by atoms with Gasteiger partial charge in [-0.25, -0.2) is 4.98 Å². The van der Waals surface area contributed by atoms with Crippen LogP contribution in [0.15, 0.2) is 36.5 Å². The molecule has 0 saturated heterocycles. The highest BCUT2D eigenvalue weighted by Gasteiger charge is 2.00. The van der Waals surface area contributed by atoms with Crippen molar-refractivity contribution in [2.75, 3.05) is 0 Å². The maximum atomic E-state index is 5.45. The first-order chi connectivity index (χ1) is 6.40. The van der Waals surface area contributed by atoms with Crippen LogP contribution >= 0.6 is 0 Å². The molecule has 0 radical (unpaired) electrons. The number of imidazole rings is 1. The van der Waals surface area contributed by atoms with E-state index < -0.39 is 0 Å². The zero-order valence-electron chi connectivity index (χ0n) is 7.20. The van der Waals surface area contributed by atoms with Gasteiger partial charge in [-0.15, -0.1) is 0 Å². The third-order valence-corrected chi connectivity index (χ3v) is 1.89. The average Bonchev–Trinajstić information content (AvgIpc) is 2.67. The van der Waals surface area contributed by atoms with E-state index in [0.29, 0.717) is 6.54 Å². The Kier molecular flexibility index (Phi) is 2.10. The summed E-state index contributed by atoms with van der Waals surface area (Å²) in [6, 6.07) is 10.0. The molecule has 0 saturated carbocycles. The second-order valence-corrected chi connectivity index (χ2v) is 2.80. The molecule has 0 spiro atoms. The summed E-state index contributed by atoms with van der Waals surface area (Å²) in [4.78, 5) is 7.34. The highest BCUT2D eigenvalue weighted by molar-refractivity contribution is 5.57. The van der Waals surface area contributed by atoms with Gasteiger partial charge in [0.1, 0.15) is 5.82 Å². The Bertz CT molecular complexity index is 378. The van der Waals surface area contributed by atoms with Crippen LogP contribution in [0.4, 0.5) is 0 Å². The molecule has 3 N–H and O–H groups in total. The van der Waals surface area contributed by atoms with Crippen molar-refractivity contribution < 1.29 is 0 Å². The van der Waals surface area contributed by atoms with E-state index in [9.17, 15) is 0 Å². The summed E-state index contributed by atoms with van der Waals surface area (Å²) in [6.07, 6.45) is 1.87. The van der Waals surface area contributed by atoms with E-state index >= 15 is 0 Å². The first-order valence-corrected chi connectivity index (χ1v) is 4.20. The molecule has 0 amide bonds. The summed E-state index contributed by atoms with van der Waals surface area (Å²) in [5, 5.41) is 0. The van der Waals surface area contributed by atoms with Crippen LogP contribution in [0.2, 0.25) is 0 Å². The molecule has 1 aromatic carbocycles. The lowest BCUT2D eigenvalue weighted by Gasteiger charge is -1.93. The summed E-state index contributed by atoms with van der Waals surface area (Å²) in [7, 11) is 0. The van der Waals surface area contributed by atoms with Crippen molar-refractivity contribution in [3.05, 3.63) is 42.4 Å². The number of nitrogens with one attached hydrogen (secondary N) is 1. The maximum absolute atomic E-state index is 5.45. The number of H-pyrrole nitrogens is 1. The van der Waals surface area contributed by atoms with E-state index in [0.717, 1.165) is 17.1 Å². The average molecular weight is 173 g/mol. The molecule has 0 atom stereocenters. The van der Waals surface area contributed by atoms with Crippen LogP contribution in [0.3, 0.4) is 0 Å². The van der Waals surface area contributed by atoms with E-state index in [4.69, 9.17) is 5.73 Å². The Morgan fingerprint density at radius 3 is 2.62 bits per heavy atom. The van der Waals surface area contributed by atoms with Gasteiger partial charge in [-0.05, 0) is 0 Å². The topological polar surface area (TPSA) is 54.7 Å². The predicted octanol–water partition coefficient (Wildman–Crippen LogP) is 1.54. The van der Waals surface area contributed by atoms with Crippen molar-refractivity contribution in [1.29, 1.82) is 0 Å². The fraction of sp³-hybridized carbons (Fsp3) is 0.100. The molecule has 2 aromatic rings. The smallest absolute Gasteiger partial charge is 0.120 e. The van der Waals surface area contributed by atoms with E-state index in [-0.39, 0.29) is 0 Å². The Balaban J connectivity index is 2.36. The van der Waals surface area contributed by atoms with Gasteiger partial charge in [-0.3, -0.25) is 0 Å². The van der Waals surface area contributed by atoms with Gasteiger partial charge in [0.05, 0.1) is 12.2 Å². The van der Waals surface area contributed by atoms with Gasteiger partial charge in [0, 0.05) is 11.8 Å². The van der Waals surface area contributed by atoms with Crippen molar-refractivity contribution in [1.82, 2.24) is 9.97 Å². The highest BCUT2D eigenvalue weighted by atomic mass is 14.9. The summed E-state index contributed by atoms with van der Waals surface area (Å²) >= 11 is 0. The molecule has 0 aliphatic rings. The Morgan fingerprint density at radius 2 is 2.00 bits per heavy atom. The zero-order chi connectivity index (χ0) is 9.10. The van der Waals surface area contributed by atoms with Gasteiger partial charge in [0.25, 0.3) is 0 Å². The Morgan fingerprint density at radius 1 is 1.23 bits per heavy atom. The third-order valence-electron chi connectivity index (χ3n) is 1.89. The summed E-state index contributed by atoms with van der Waals surface area (Å²) < 4.78 is 0. The SMILES string of the molecule is NCc1nc(-c2ccccc2)c[nH]1. The Hall–Kier alpha value is -1.61. The minimum atomic E-state index is 0.451. The quantitative estimate of drug-likeness (QED) is 0.723. The first-order valence-electron chi connectivity index (χ1n) is 4.20. The van der Waals surface area contributed by atoms with Gasteiger partial charge in [0.15, 0.2) is 0 Å². The van der Waals surface area contributed by atoms with E-state index in [1.807, 2.05) is 36.5 Å². The molecule has 1 aromatic heterocycles. The molecular formula is C10H11N3. The number of rotatable bonds is 2. The van der Waals surface area contributed by atoms with Crippen LogP contribution in [-0.2, 0) is 6.54 Å². The first kappa shape index (κ1) is 8.01. The molecule has 1 heterocycles. The van der Waals surface area contributed by atoms with Crippen LogP contribution in [0.25, 0.3) is 11.3 Å². The van der Waals surface area contributed by atoms with Crippen LogP contribution in [0.5, 0.6) is 0 Å². The summed E-state index contributed by atoms with van der Waals surface area (Å²) in [5.41, 5.74) is 7.50. The van der Waals surface area contributed by atoms with Crippen LogP contribution in [0, 0.1) is 0 Å². The second kappa shape index (κ2) is 3.41. The highest BCUT2D eigenvalue weighted by Crippen LogP contribution is 2.15. The molecule has 0 unspecified atom stereocenters. The number of nitrogens with two attached hydrogens (primary N) is 1. The maximum Gasteiger partial charge on any atom is 0.120 e. The molecule has 66 valence electrons. The monoisotopic (exact) mass is 173 g/mol. The van der Waals surface area contributed by atoms with Gasteiger partial charge in [-0.1, -0.05) is 30.3 Å². The fourth-order valence-electron chi connectivity index (χ4n) is 1.22. The minimum Gasteiger partial charge on any atom is -0.347 e. The lowest BCUT2D eigenvalue weighted by atomic mass is 10.2. The van der Waals surface area contributed by atoms with Gasteiger partial charge in [0.2, 0.25) is 0 Å². The second-order valence-electron chi connectivity index (χ2n) is 2.80. The molecule has 3 heteroatoms. The van der Waals surface area contributed by atoms with Gasteiger partial charge < -0.3 is 10.7 Å². The number of nitrogens with zero attached hydrogens (tertiary/aromatic N) is 1. The van der Waals surface area contributed by atoms with Crippen molar-refractivity contribution in [3.63, 3.8) is 0 Å². The van der Waals surface area contributed by atoms with Crippen LogP contribution in [0.1, 0.15) is 5.82 Å². The minimum absolute atomic E-state index is 0.451. The fourth-order valence-corrected chi connectivity index (χ4v) is 1.22. The summed E-state index contributed by atoms with van der Waals surface area (Å²) in [6.45, 7) is 0.451. The lowest BCUT2D eigenvalue weighted by molar-refractivity contribution is 0.950. The molecule has 13 heavy (non-hydrogen) atoms. The van der Waals surface area contributed by atoms with E-state index in [1.54, 1.807) is 0 Å². The van der Waals surface area contributed by atoms with Crippen LogP contribution in [-0.4, -0.2) is 9.97 Å². The molecule has 0 aliphatic heterocycles. The lowest BCUT2D eigenvalue weighted by Crippen LogP contribution is -1.97. The van der Waals surface area contributed by atoms with Gasteiger partial charge in [-0.2, -0.15) is 0 Å². The largest absolute Gasteiger partial charge is 0.347 e. The zero-order valence-corrected chi connectivity index (χ0v) is 7.20. The van der Waals surface area contributed by atoms with Crippen molar-refractivity contribution in [2.45, 2.75) is 6.54 Å². The number of aromatic amines is 1. The number of aromatic nitrogens is 2. The van der Waals surface area contributed by atoms with E-state index in [1.165, 1.54) is 0 Å². The normalized spacial score (nSPS) is 10.2. The number of hydrogen-bond donors (Lipinski definition) is 2. The van der Waals surface area contributed by atoms with Crippen LogP contribution < -0.4 is 5.73 Å². The van der Waals surface area contributed by atoms with E-state index in [2.05, 4.69) is 9.97 Å². The molecule has 0 fully saturated rings. The van der Waals surface area contributed by atoms with Gasteiger partial charge >= 0.3 is 0 Å². The number of hydrogen-bond acceptors (Lipinski definition) is 2. The molecular weight excluding hydrogens is 162 g/mol. The van der Waals surface area contributed by atoms with Crippen molar-refractivity contribution in [3.8, 4) is 11.3 Å². The van der Waals surface area contributed by atoms with Crippen molar-refractivity contribution in [2.24, 2.45) is 5.73 Å². The standard InChI is InChI=1S/C10H11N3/c11-6-10-12-7-9(13-10)8-4-2-1-3-5-8/h1-5,7H,6,11H2,(H,12,13). The van der Waals surface area contributed by atoms with Crippen molar-refractivity contribution >= 4 is 0 Å². The molecule has 0 aliphatic carbocycles. The summed E-state index contributed by atoms with van der Waals surface area (Å²) in [5.74, 6) is 0.818.